The monoisotopic (exact) mass is 343 g/mol. The Hall–Kier alpha value is -2.37. The minimum Gasteiger partial charge on any atom is -0.465 e. The second kappa shape index (κ2) is 7.68. The van der Waals surface area contributed by atoms with Crippen LogP contribution in [0, 0.1) is 12.8 Å². The molecule has 0 saturated carbocycles. The fourth-order valence-electron chi connectivity index (χ4n) is 3.42. The van der Waals surface area contributed by atoms with Crippen molar-refractivity contribution in [3.8, 4) is 0 Å². The second-order valence-corrected chi connectivity index (χ2v) is 6.60. The van der Waals surface area contributed by atoms with E-state index in [1.165, 1.54) is 0 Å². The molecule has 134 valence electrons. The lowest BCUT2D eigenvalue weighted by Crippen LogP contribution is -2.39. The molecule has 0 bridgehead atoms. The predicted octanol–water partition coefficient (Wildman–Crippen LogP) is 2.54. The summed E-state index contributed by atoms with van der Waals surface area (Å²) in [5, 5.41) is 0. The van der Waals surface area contributed by atoms with Crippen LogP contribution in [-0.4, -0.2) is 46.0 Å². The van der Waals surface area contributed by atoms with Gasteiger partial charge in [0, 0.05) is 26.6 Å². The van der Waals surface area contributed by atoms with Crippen molar-refractivity contribution in [3.05, 3.63) is 30.1 Å². The van der Waals surface area contributed by atoms with Crippen LogP contribution in [-0.2, 0) is 20.9 Å². The highest BCUT2D eigenvalue weighted by Crippen LogP contribution is 2.19. The van der Waals surface area contributed by atoms with Gasteiger partial charge in [-0.2, -0.15) is 0 Å². The number of amides is 1. The summed E-state index contributed by atoms with van der Waals surface area (Å²) in [7, 11) is 0. The third kappa shape index (κ3) is 4.00. The Morgan fingerprint density at radius 3 is 2.68 bits per heavy atom. The van der Waals surface area contributed by atoms with Crippen LogP contribution in [0.4, 0.5) is 0 Å². The minimum atomic E-state index is -0.129. The van der Waals surface area contributed by atoms with E-state index in [4.69, 9.17) is 4.74 Å². The highest BCUT2D eigenvalue weighted by atomic mass is 16.5. The molecule has 1 amide bonds. The van der Waals surface area contributed by atoms with E-state index < -0.39 is 0 Å². The number of likely N-dealkylation sites (tertiary alicyclic amines) is 1. The van der Waals surface area contributed by atoms with Gasteiger partial charge in [0.05, 0.1) is 23.6 Å². The molecule has 6 heteroatoms. The van der Waals surface area contributed by atoms with Crippen molar-refractivity contribution in [2.45, 2.75) is 39.7 Å². The molecule has 0 N–H and O–H groups in total. The second-order valence-electron chi connectivity index (χ2n) is 6.60. The van der Waals surface area contributed by atoms with Crippen LogP contribution in [0.1, 0.15) is 32.0 Å². The van der Waals surface area contributed by atoms with Gasteiger partial charge < -0.3 is 14.2 Å². The number of para-hydroxylation sites is 2. The highest BCUT2D eigenvalue weighted by molar-refractivity contribution is 5.76. The van der Waals surface area contributed by atoms with Crippen LogP contribution in [0.5, 0.6) is 0 Å². The minimum absolute atomic E-state index is 0.0774. The largest absolute Gasteiger partial charge is 0.465 e. The van der Waals surface area contributed by atoms with Gasteiger partial charge >= 0.3 is 5.97 Å². The predicted molar refractivity (Wildman–Crippen MR) is 95.0 cm³/mol. The number of ether oxygens (including phenoxy) is 1. The molecule has 0 spiro atoms. The summed E-state index contributed by atoms with van der Waals surface area (Å²) in [5.41, 5.74) is 2.11. The van der Waals surface area contributed by atoms with Crippen LogP contribution in [0.3, 0.4) is 0 Å². The lowest BCUT2D eigenvalue weighted by Gasteiger charge is -2.30. The number of esters is 1. The number of aryl methyl sites for hydroxylation is 2. The van der Waals surface area contributed by atoms with Gasteiger partial charge in [0.25, 0.3) is 0 Å². The van der Waals surface area contributed by atoms with Crippen molar-refractivity contribution >= 4 is 22.9 Å². The molecular weight excluding hydrogens is 318 g/mol. The molecule has 3 rings (SSSR count). The molecule has 1 aliphatic heterocycles. The molecule has 0 aliphatic carbocycles. The molecule has 2 heterocycles. The Morgan fingerprint density at radius 2 is 1.96 bits per heavy atom. The third-order valence-corrected chi connectivity index (χ3v) is 4.89. The van der Waals surface area contributed by atoms with Gasteiger partial charge in [0.15, 0.2) is 0 Å². The molecule has 0 radical (unpaired) electrons. The van der Waals surface area contributed by atoms with Crippen LogP contribution in [0.25, 0.3) is 11.0 Å². The van der Waals surface area contributed by atoms with E-state index in [0.29, 0.717) is 32.5 Å². The summed E-state index contributed by atoms with van der Waals surface area (Å²) in [6.45, 7) is 6.06. The van der Waals surface area contributed by atoms with E-state index in [2.05, 4.69) is 15.6 Å². The average Bonchev–Trinajstić information content (AvgIpc) is 2.94. The maximum Gasteiger partial charge on any atom is 0.309 e. The summed E-state index contributed by atoms with van der Waals surface area (Å²) in [6, 6.07) is 8.06. The summed E-state index contributed by atoms with van der Waals surface area (Å²) in [5.74, 6) is 0.848. The van der Waals surface area contributed by atoms with Crippen molar-refractivity contribution in [1.29, 1.82) is 0 Å². The zero-order valence-corrected chi connectivity index (χ0v) is 14.9. The number of benzene rings is 1. The third-order valence-electron chi connectivity index (χ3n) is 4.89. The molecule has 1 fully saturated rings. The molecule has 1 aromatic heterocycles. The number of hydrogen-bond donors (Lipinski definition) is 0. The topological polar surface area (TPSA) is 64.4 Å². The summed E-state index contributed by atoms with van der Waals surface area (Å²) in [4.78, 5) is 29.8. The number of fused-ring (bicyclic) bond motifs is 1. The van der Waals surface area contributed by atoms with Gasteiger partial charge in [-0.15, -0.1) is 0 Å². The number of hydrogen-bond acceptors (Lipinski definition) is 4. The number of nitrogens with zero attached hydrogens (tertiary/aromatic N) is 3. The van der Waals surface area contributed by atoms with Crippen LogP contribution >= 0.6 is 0 Å². The maximum absolute atomic E-state index is 12.2. The van der Waals surface area contributed by atoms with Crippen LogP contribution in [0.15, 0.2) is 24.3 Å². The maximum atomic E-state index is 12.2. The van der Waals surface area contributed by atoms with Gasteiger partial charge in [-0.3, -0.25) is 9.59 Å². The lowest BCUT2D eigenvalue weighted by atomic mass is 9.97. The Morgan fingerprint density at radius 1 is 1.24 bits per heavy atom. The Balaban J connectivity index is 1.45. The summed E-state index contributed by atoms with van der Waals surface area (Å²) in [6.07, 6.45) is 2.16. The number of carbonyl (C=O) groups is 2. The van der Waals surface area contributed by atoms with Crippen LogP contribution in [0.2, 0.25) is 0 Å². The van der Waals surface area contributed by atoms with Crippen molar-refractivity contribution < 1.29 is 14.3 Å². The van der Waals surface area contributed by atoms with Crippen molar-refractivity contribution in [3.63, 3.8) is 0 Å². The molecule has 1 aliphatic rings. The van der Waals surface area contributed by atoms with E-state index in [-0.39, 0.29) is 17.8 Å². The van der Waals surface area contributed by atoms with Gasteiger partial charge in [0.1, 0.15) is 5.82 Å². The molecule has 25 heavy (non-hydrogen) atoms. The number of carbonyl (C=O) groups excluding carboxylic acids is 2. The van der Waals surface area contributed by atoms with Crippen molar-refractivity contribution in [2.24, 2.45) is 5.92 Å². The standard InChI is InChI=1S/C19H25N3O3/c1-14-20-17-6-3-4-7-18(17)22(14)10-5-13-25-19(24)16-8-11-21(12-9-16)15(2)23/h3-4,6-7,16H,5,8-13H2,1-2H3. The Kier molecular flexibility index (Phi) is 5.36. The first-order chi connectivity index (χ1) is 12.1. The number of rotatable bonds is 5. The Bertz CT molecular complexity index is 760. The van der Waals surface area contributed by atoms with Gasteiger partial charge in [-0.05, 0) is 38.3 Å². The Labute approximate surface area is 147 Å². The first-order valence-corrected chi connectivity index (χ1v) is 8.90. The highest BCUT2D eigenvalue weighted by Gasteiger charge is 2.26. The lowest BCUT2D eigenvalue weighted by molar-refractivity contribution is -0.151. The van der Waals surface area contributed by atoms with Crippen LogP contribution < -0.4 is 0 Å². The summed E-state index contributed by atoms with van der Waals surface area (Å²) >= 11 is 0. The van der Waals surface area contributed by atoms with E-state index in [9.17, 15) is 9.59 Å². The molecule has 1 saturated heterocycles. The molecule has 2 aromatic rings. The van der Waals surface area contributed by atoms with Gasteiger partial charge in [-0.25, -0.2) is 4.98 Å². The van der Waals surface area contributed by atoms with Gasteiger partial charge in [0.2, 0.25) is 5.91 Å². The zero-order valence-electron chi connectivity index (χ0n) is 14.9. The molecule has 1 aromatic carbocycles. The average molecular weight is 343 g/mol. The fourth-order valence-corrected chi connectivity index (χ4v) is 3.42. The molecule has 0 unspecified atom stereocenters. The van der Waals surface area contributed by atoms with E-state index >= 15 is 0 Å². The number of piperidine rings is 1. The molecule has 0 atom stereocenters. The smallest absolute Gasteiger partial charge is 0.309 e. The van der Waals surface area contributed by atoms with Crippen molar-refractivity contribution in [1.82, 2.24) is 14.5 Å². The SMILES string of the molecule is CC(=O)N1CCC(C(=O)OCCCn2c(C)nc3ccccc32)CC1. The van der Waals surface area contributed by atoms with E-state index in [1.54, 1.807) is 11.8 Å². The first-order valence-electron chi connectivity index (χ1n) is 8.90. The number of aromatic nitrogens is 2. The first kappa shape index (κ1) is 17.5. The molecular formula is C19H25N3O3. The van der Waals surface area contributed by atoms with Gasteiger partial charge in [-0.1, -0.05) is 12.1 Å². The zero-order chi connectivity index (χ0) is 17.8. The number of imidazole rings is 1. The van der Waals surface area contributed by atoms with Crippen molar-refractivity contribution in [2.75, 3.05) is 19.7 Å². The normalized spacial score (nSPS) is 15.5. The summed E-state index contributed by atoms with van der Waals surface area (Å²) < 4.78 is 7.61. The fraction of sp³-hybridized carbons (Fsp3) is 0.526. The molecule has 6 nitrogen and oxygen atoms in total. The van der Waals surface area contributed by atoms with E-state index in [1.807, 2.05) is 25.1 Å². The quantitative estimate of drug-likeness (QED) is 0.618. The van der Waals surface area contributed by atoms with E-state index in [0.717, 1.165) is 29.8 Å².